The number of aliphatic hydroxyl groups excluding tert-OH is 1. The van der Waals surface area contributed by atoms with Crippen LogP contribution in [0.2, 0.25) is 0 Å². The van der Waals surface area contributed by atoms with Gasteiger partial charge in [0.2, 0.25) is 0 Å². The number of aliphatic carboxylic acids is 1. The molecule has 1 aromatic heterocycles. The Bertz CT molecular complexity index is 767. The van der Waals surface area contributed by atoms with E-state index in [2.05, 4.69) is 15.1 Å². The van der Waals surface area contributed by atoms with Crippen LogP contribution in [-0.2, 0) is 22.6 Å². The van der Waals surface area contributed by atoms with E-state index in [-0.39, 0.29) is 6.47 Å². The molecule has 0 unspecified atom stereocenters. The second kappa shape index (κ2) is 9.95. The zero-order valence-electron chi connectivity index (χ0n) is 15.8. The number of carbonyl (C=O) groups is 2. The average molecular weight is 390 g/mol. The Kier molecular flexibility index (Phi) is 7.65. The molecule has 0 saturated carbocycles. The van der Waals surface area contributed by atoms with Gasteiger partial charge in [0.1, 0.15) is 17.6 Å². The first-order chi connectivity index (χ1) is 13.4. The number of aliphatic hydroxyl groups is 1. The SMILES string of the molecule is Cc1nncn1CCN1CC[C@](Cc2ccccc2)(C(=O)O)[C@@H](O)C1.O=CO. The lowest BCUT2D eigenvalue weighted by atomic mass is 9.71. The van der Waals surface area contributed by atoms with E-state index in [1.165, 1.54) is 0 Å². The minimum absolute atomic E-state index is 0.250. The second-order valence-electron chi connectivity index (χ2n) is 6.87. The van der Waals surface area contributed by atoms with Gasteiger partial charge in [-0.2, -0.15) is 0 Å². The van der Waals surface area contributed by atoms with Crippen molar-refractivity contribution in [2.75, 3.05) is 19.6 Å². The molecule has 0 bridgehead atoms. The third kappa shape index (κ3) is 5.14. The third-order valence-corrected chi connectivity index (χ3v) is 5.20. The number of carboxylic acids is 1. The van der Waals surface area contributed by atoms with Gasteiger partial charge in [0, 0.05) is 19.6 Å². The summed E-state index contributed by atoms with van der Waals surface area (Å²) in [7, 11) is 0. The highest BCUT2D eigenvalue weighted by molar-refractivity contribution is 5.76. The number of likely N-dealkylation sites (tertiary alicyclic amines) is 1. The molecule has 0 aliphatic carbocycles. The molecule has 9 heteroatoms. The summed E-state index contributed by atoms with van der Waals surface area (Å²) < 4.78 is 1.95. The highest BCUT2D eigenvalue weighted by Crippen LogP contribution is 2.36. The summed E-state index contributed by atoms with van der Waals surface area (Å²) in [5.41, 5.74) is -0.179. The Morgan fingerprint density at radius 3 is 2.54 bits per heavy atom. The maximum Gasteiger partial charge on any atom is 0.312 e. The van der Waals surface area contributed by atoms with Crippen LogP contribution >= 0.6 is 0 Å². The van der Waals surface area contributed by atoms with Crippen LogP contribution in [0.15, 0.2) is 36.7 Å². The Balaban J connectivity index is 0.000000878. The number of carboxylic acid groups (broad SMARTS) is 2. The first-order valence-corrected chi connectivity index (χ1v) is 9.03. The number of benzene rings is 1. The molecule has 9 nitrogen and oxygen atoms in total. The number of rotatable bonds is 6. The van der Waals surface area contributed by atoms with Crippen molar-refractivity contribution in [1.29, 1.82) is 0 Å². The number of aromatic nitrogens is 3. The van der Waals surface area contributed by atoms with Crippen LogP contribution < -0.4 is 0 Å². The molecular weight excluding hydrogens is 364 g/mol. The minimum Gasteiger partial charge on any atom is -0.483 e. The van der Waals surface area contributed by atoms with Crippen molar-refractivity contribution in [2.24, 2.45) is 5.41 Å². The van der Waals surface area contributed by atoms with E-state index >= 15 is 0 Å². The molecule has 1 aromatic carbocycles. The molecule has 28 heavy (non-hydrogen) atoms. The van der Waals surface area contributed by atoms with Gasteiger partial charge in [-0.25, -0.2) is 0 Å². The van der Waals surface area contributed by atoms with Gasteiger partial charge in [0.25, 0.3) is 6.47 Å². The van der Waals surface area contributed by atoms with Crippen LogP contribution in [0.1, 0.15) is 17.8 Å². The van der Waals surface area contributed by atoms with Crippen LogP contribution in [0.3, 0.4) is 0 Å². The summed E-state index contributed by atoms with van der Waals surface area (Å²) >= 11 is 0. The zero-order chi connectivity index (χ0) is 20.6. The normalized spacial score (nSPS) is 22.1. The Hall–Kier alpha value is -2.78. The molecule has 2 atom stereocenters. The third-order valence-electron chi connectivity index (χ3n) is 5.20. The quantitative estimate of drug-likeness (QED) is 0.614. The predicted molar refractivity (Wildman–Crippen MR) is 101 cm³/mol. The van der Waals surface area contributed by atoms with Crippen molar-refractivity contribution in [1.82, 2.24) is 19.7 Å². The molecule has 1 aliphatic rings. The van der Waals surface area contributed by atoms with Gasteiger partial charge in [-0.1, -0.05) is 30.3 Å². The molecule has 1 saturated heterocycles. The van der Waals surface area contributed by atoms with Crippen molar-refractivity contribution in [3.63, 3.8) is 0 Å². The summed E-state index contributed by atoms with van der Waals surface area (Å²) in [5, 5.41) is 35.2. The van der Waals surface area contributed by atoms with Gasteiger partial charge >= 0.3 is 5.97 Å². The van der Waals surface area contributed by atoms with E-state index < -0.39 is 17.5 Å². The molecule has 2 aromatic rings. The highest BCUT2D eigenvalue weighted by atomic mass is 16.4. The van der Waals surface area contributed by atoms with E-state index in [0.717, 1.165) is 24.5 Å². The highest BCUT2D eigenvalue weighted by Gasteiger charge is 2.48. The van der Waals surface area contributed by atoms with E-state index in [1.54, 1.807) is 6.33 Å². The average Bonchev–Trinajstić information content (AvgIpc) is 3.08. The monoisotopic (exact) mass is 390 g/mol. The van der Waals surface area contributed by atoms with Crippen molar-refractivity contribution < 1.29 is 24.9 Å². The lowest BCUT2D eigenvalue weighted by Gasteiger charge is -2.43. The first-order valence-electron chi connectivity index (χ1n) is 9.03. The van der Waals surface area contributed by atoms with Gasteiger partial charge < -0.3 is 19.9 Å². The topological polar surface area (TPSA) is 129 Å². The lowest BCUT2D eigenvalue weighted by Crippen LogP contribution is -2.56. The van der Waals surface area contributed by atoms with E-state index in [1.807, 2.05) is 41.8 Å². The molecule has 0 radical (unpaired) electrons. The van der Waals surface area contributed by atoms with E-state index in [9.17, 15) is 15.0 Å². The fraction of sp³-hybridized carbons (Fsp3) is 0.474. The fourth-order valence-electron chi connectivity index (χ4n) is 3.51. The van der Waals surface area contributed by atoms with Crippen LogP contribution in [0, 0.1) is 12.3 Å². The summed E-state index contributed by atoms with van der Waals surface area (Å²) in [5.74, 6) is -0.0697. The number of piperidine rings is 1. The van der Waals surface area contributed by atoms with Crippen molar-refractivity contribution in [3.05, 3.63) is 48.0 Å². The summed E-state index contributed by atoms with van der Waals surface area (Å²) in [4.78, 5) is 22.5. The van der Waals surface area contributed by atoms with Gasteiger partial charge in [0.05, 0.1) is 6.10 Å². The molecular formula is C19H26N4O5. The lowest BCUT2D eigenvalue weighted by molar-refractivity contribution is -0.162. The van der Waals surface area contributed by atoms with Gasteiger partial charge in [-0.15, -0.1) is 10.2 Å². The number of β-amino-alcohol motifs (C(OH)–C–C–N with tert-alkyl or cyclic N) is 1. The summed E-state index contributed by atoms with van der Waals surface area (Å²) in [6.07, 6.45) is 1.57. The molecule has 0 amide bonds. The van der Waals surface area contributed by atoms with Crippen LogP contribution in [0.4, 0.5) is 0 Å². The Morgan fingerprint density at radius 2 is 2.00 bits per heavy atom. The summed E-state index contributed by atoms with van der Waals surface area (Å²) in [6.45, 7) is 4.12. The van der Waals surface area contributed by atoms with Gasteiger partial charge in [-0.3, -0.25) is 14.5 Å². The zero-order valence-corrected chi connectivity index (χ0v) is 15.8. The van der Waals surface area contributed by atoms with Gasteiger partial charge in [0.15, 0.2) is 0 Å². The molecule has 0 spiro atoms. The van der Waals surface area contributed by atoms with Gasteiger partial charge in [-0.05, 0) is 31.9 Å². The Morgan fingerprint density at radius 1 is 1.32 bits per heavy atom. The maximum atomic E-state index is 12.0. The minimum atomic E-state index is -1.12. The predicted octanol–water partition coefficient (Wildman–Crippen LogP) is 0.668. The van der Waals surface area contributed by atoms with Crippen molar-refractivity contribution in [2.45, 2.75) is 32.4 Å². The smallest absolute Gasteiger partial charge is 0.312 e. The number of nitrogens with zero attached hydrogens (tertiary/aromatic N) is 4. The first kappa shape index (κ1) is 21.5. The van der Waals surface area contributed by atoms with Crippen molar-refractivity contribution in [3.8, 4) is 0 Å². The van der Waals surface area contributed by atoms with Crippen LogP contribution in [0.5, 0.6) is 0 Å². The molecule has 152 valence electrons. The molecule has 3 rings (SSSR count). The second-order valence-corrected chi connectivity index (χ2v) is 6.87. The maximum absolute atomic E-state index is 12.0. The molecule has 2 heterocycles. The van der Waals surface area contributed by atoms with E-state index in [4.69, 9.17) is 9.90 Å². The molecule has 1 aliphatic heterocycles. The number of hydrogen-bond acceptors (Lipinski definition) is 6. The Labute approximate surface area is 163 Å². The largest absolute Gasteiger partial charge is 0.483 e. The van der Waals surface area contributed by atoms with Crippen molar-refractivity contribution >= 4 is 12.4 Å². The summed E-state index contributed by atoms with van der Waals surface area (Å²) in [6, 6.07) is 9.53. The molecule has 1 fully saturated rings. The molecule has 3 N–H and O–H groups in total. The fourth-order valence-corrected chi connectivity index (χ4v) is 3.51. The number of hydrogen-bond donors (Lipinski definition) is 3. The van der Waals surface area contributed by atoms with Crippen LogP contribution in [0.25, 0.3) is 0 Å². The number of aryl methyl sites for hydroxylation is 1. The van der Waals surface area contributed by atoms with E-state index in [0.29, 0.717) is 25.9 Å². The standard InChI is InChI=1S/C18H24N4O3.CH2O2/c1-14-20-19-13-22(14)10-9-21-8-7-18(17(24)25,16(23)12-21)11-15-5-3-2-4-6-15;2-1-3/h2-6,13,16,23H,7-12H2,1H3,(H,24,25);1H,(H,2,3)/t16-,18+;/m0./s1. The van der Waals surface area contributed by atoms with Crippen LogP contribution in [-0.4, -0.2) is 73.2 Å².